The number of carbonyl (C=O) groups excluding carboxylic acids is 1. The van der Waals surface area contributed by atoms with Crippen molar-refractivity contribution in [2.24, 2.45) is 0 Å². The summed E-state index contributed by atoms with van der Waals surface area (Å²) in [6, 6.07) is 0.218. The summed E-state index contributed by atoms with van der Waals surface area (Å²) in [6.45, 7) is 0. The second-order valence-corrected chi connectivity index (χ2v) is 2.32. The van der Waals surface area contributed by atoms with E-state index in [1.54, 1.807) is 0 Å². The number of aromatic hydroxyl groups is 1. The molecule has 0 saturated heterocycles. The maximum Gasteiger partial charge on any atom is 0.277 e. The molecule has 0 spiro atoms. The Morgan fingerprint density at radius 3 is 2.36 bits per heavy atom. The van der Waals surface area contributed by atoms with Crippen molar-refractivity contribution in [2.45, 2.75) is 0 Å². The molecule has 0 aliphatic heterocycles. The first-order valence-corrected chi connectivity index (χ1v) is 3.30. The molecule has 0 saturated carbocycles. The van der Waals surface area contributed by atoms with Gasteiger partial charge in [0.2, 0.25) is 5.82 Å². The minimum Gasteiger partial charge on any atom is -0.503 e. The molecule has 0 fully saturated rings. The van der Waals surface area contributed by atoms with Crippen molar-refractivity contribution in [3.63, 3.8) is 0 Å². The van der Waals surface area contributed by atoms with E-state index in [0.717, 1.165) is 5.48 Å². The largest absolute Gasteiger partial charge is 0.503 e. The summed E-state index contributed by atoms with van der Waals surface area (Å²) in [5, 5.41) is 16.8. The van der Waals surface area contributed by atoms with Crippen LogP contribution in [0.3, 0.4) is 0 Å². The van der Waals surface area contributed by atoms with Crippen LogP contribution in [-0.2, 0) is 0 Å². The Morgan fingerprint density at radius 1 is 1.29 bits per heavy atom. The van der Waals surface area contributed by atoms with Crippen LogP contribution in [0, 0.1) is 17.5 Å². The Kier molecular flexibility index (Phi) is 2.61. The van der Waals surface area contributed by atoms with E-state index in [-0.39, 0.29) is 6.07 Å². The number of hydrogen-bond acceptors (Lipinski definition) is 3. The Labute approximate surface area is 75.5 Å². The molecule has 7 heteroatoms. The van der Waals surface area contributed by atoms with Crippen molar-refractivity contribution in [3.05, 3.63) is 29.1 Å². The number of nitrogens with one attached hydrogen (secondary N) is 1. The van der Waals surface area contributed by atoms with Crippen molar-refractivity contribution >= 4 is 5.91 Å². The second kappa shape index (κ2) is 3.54. The first-order valence-electron chi connectivity index (χ1n) is 3.30. The molecule has 0 aliphatic rings. The van der Waals surface area contributed by atoms with Gasteiger partial charge in [0.25, 0.3) is 5.91 Å². The van der Waals surface area contributed by atoms with E-state index < -0.39 is 34.7 Å². The summed E-state index contributed by atoms with van der Waals surface area (Å²) in [7, 11) is 0. The van der Waals surface area contributed by atoms with E-state index in [1.807, 2.05) is 0 Å². The summed E-state index contributed by atoms with van der Waals surface area (Å²) < 4.78 is 37.9. The molecule has 1 amide bonds. The Hall–Kier alpha value is -1.76. The molecule has 3 N–H and O–H groups in total. The summed E-state index contributed by atoms with van der Waals surface area (Å²) in [6.07, 6.45) is 0. The second-order valence-electron chi connectivity index (χ2n) is 2.32. The molecule has 0 unspecified atom stereocenters. The summed E-state index contributed by atoms with van der Waals surface area (Å²) >= 11 is 0. The maximum atomic E-state index is 12.9. The van der Waals surface area contributed by atoms with Crippen LogP contribution >= 0.6 is 0 Å². The Balaban J connectivity index is 3.40. The van der Waals surface area contributed by atoms with Gasteiger partial charge < -0.3 is 5.11 Å². The molecule has 0 atom stereocenters. The highest BCUT2D eigenvalue weighted by molar-refractivity contribution is 5.94. The summed E-state index contributed by atoms with van der Waals surface area (Å²) in [5.74, 6) is -8.03. The van der Waals surface area contributed by atoms with Crippen molar-refractivity contribution < 1.29 is 28.3 Å². The van der Waals surface area contributed by atoms with Crippen LogP contribution in [0.25, 0.3) is 0 Å². The molecule has 76 valence electrons. The third kappa shape index (κ3) is 1.49. The molecule has 1 aromatic rings. The van der Waals surface area contributed by atoms with Crippen LogP contribution in [0.4, 0.5) is 13.2 Å². The lowest BCUT2D eigenvalue weighted by Gasteiger charge is -2.04. The van der Waals surface area contributed by atoms with Crippen molar-refractivity contribution in [1.29, 1.82) is 0 Å². The van der Waals surface area contributed by atoms with Crippen molar-refractivity contribution in [2.75, 3.05) is 0 Å². The quantitative estimate of drug-likeness (QED) is 0.364. The molecule has 0 bridgehead atoms. The van der Waals surface area contributed by atoms with Gasteiger partial charge in [-0.25, -0.2) is 14.3 Å². The highest BCUT2D eigenvalue weighted by atomic mass is 19.2. The monoisotopic (exact) mass is 207 g/mol. The molecule has 0 aliphatic carbocycles. The lowest BCUT2D eigenvalue weighted by atomic mass is 10.1. The molecule has 4 nitrogen and oxygen atoms in total. The minimum absolute atomic E-state index is 0.218. The Morgan fingerprint density at radius 2 is 1.86 bits per heavy atom. The normalized spacial score (nSPS) is 10.0. The van der Waals surface area contributed by atoms with Crippen LogP contribution in [-0.4, -0.2) is 16.2 Å². The van der Waals surface area contributed by atoms with Gasteiger partial charge in [0.05, 0.1) is 5.56 Å². The van der Waals surface area contributed by atoms with E-state index in [0.29, 0.717) is 0 Å². The van der Waals surface area contributed by atoms with Gasteiger partial charge in [-0.1, -0.05) is 0 Å². The molecular weight excluding hydrogens is 203 g/mol. The van der Waals surface area contributed by atoms with Crippen molar-refractivity contribution in [1.82, 2.24) is 5.48 Å². The van der Waals surface area contributed by atoms with Gasteiger partial charge in [-0.2, -0.15) is 4.39 Å². The number of phenolic OH excluding ortho intramolecular Hbond substituents is 1. The first kappa shape index (κ1) is 10.3. The van der Waals surface area contributed by atoms with E-state index in [1.165, 1.54) is 0 Å². The lowest BCUT2D eigenvalue weighted by Crippen LogP contribution is -2.20. The average Bonchev–Trinajstić information content (AvgIpc) is 2.19. The van der Waals surface area contributed by atoms with Crippen LogP contribution in [0.5, 0.6) is 5.75 Å². The number of rotatable bonds is 1. The zero-order valence-electron chi connectivity index (χ0n) is 6.51. The van der Waals surface area contributed by atoms with E-state index >= 15 is 0 Å². The van der Waals surface area contributed by atoms with E-state index in [9.17, 15) is 18.0 Å². The number of halogens is 3. The molecule has 0 aromatic heterocycles. The highest BCUT2D eigenvalue weighted by Crippen LogP contribution is 2.25. The number of hydroxylamine groups is 1. The number of benzene rings is 1. The summed E-state index contributed by atoms with van der Waals surface area (Å²) in [4.78, 5) is 10.6. The number of carbonyl (C=O) groups is 1. The zero-order chi connectivity index (χ0) is 10.9. The number of phenols is 1. The fourth-order valence-corrected chi connectivity index (χ4v) is 0.816. The summed E-state index contributed by atoms with van der Waals surface area (Å²) in [5.41, 5.74) is 0.0204. The number of hydrogen-bond donors (Lipinski definition) is 3. The highest BCUT2D eigenvalue weighted by Gasteiger charge is 2.21. The van der Waals surface area contributed by atoms with Crippen LogP contribution in [0.1, 0.15) is 10.4 Å². The van der Waals surface area contributed by atoms with Gasteiger partial charge in [-0.3, -0.25) is 10.0 Å². The molecular formula is C7H4F3NO3. The van der Waals surface area contributed by atoms with Gasteiger partial charge in [0, 0.05) is 0 Å². The van der Waals surface area contributed by atoms with Crippen LogP contribution in [0.2, 0.25) is 0 Å². The van der Waals surface area contributed by atoms with E-state index in [4.69, 9.17) is 10.3 Å². The third-order valence-electron chi connectivity index (χ3n) is 1.48. The predicted molar refractivity (Wildman–Crippen MR) is 37.2 cm³/mol. The molecule has 0 heterocycles. The third-order valence-corrected chi connectivity index (χ3v) is 1.48. The van der Waals surface area contributed by atoms with Gasteiger partial charge in [0.15, 0.2) is 17.4 Å². The van der Waals surface area contributed by atoms with Gasteiger partial charge in [0.1, 0.15) is 0 Å². The molecule has 1 rings (SSSR count). The lowest BCUT2D eigenvalue weighted by molar-refractivity contribution is 0.0700. The number of amides is 1. The van der Waals surface area contributed by atoms with Crippen LogP contribution < -0.4 is 5.48 Å². The van der Waals surface area contributed by atoms with Gasteiger partial charge in [-0.05, 0) is 6.07 Å². The fourth-order valence-electron chi connectivity index (χ4n) is 0.816. The average molecular weight is 207 g/mol. The predicted octanol–water partition coefficient (Wildman–Crippen LogP) is 0.929. The molecule has 0 radical (unpaired) electrons. The minimum atomic E-state index is -1.79. The fraction of sp³-hybridized carbons (Fsp3) is 0. The molecule has 1 aromatic carbocycles. The van der Waals surface area contributed by atoms with Crippen LogP contribution in [0.15, 0.2) is 6.07 Å². The van der Waals surface area contributed by atoms with Gasteiger partial charge in [-0.15, -0.1) is 0 Å². The molecule has 14 heavy (non-hydrogen) atoms. The zero-order valence-corrected chi connectivity index (χ0v) is 6.51. The maximum absolute atomic E-state index is 12.9. The first-order chi connectivity index (χ1) is 6.49. The van der Waals surface area contributed by atoms with Crippen molar-refractivity contribution in [3.8, 4) is 5.75 Å². The standard InChI is InChI=1S/C7H4F3NO3/c8-3-1-2(7(13)11-14)4(9)6(12)5(3)10/h1,12,14H,(H,11,13). The SMILES string of the molecule is O=C(NO)c1cc(F)c(F)c(O)c1F. The Bertz CT molecular complexity index is 394. The van der Waals surface area contributed by atoms with E-state index in [2.05, 4.69) is 0 Å². The topological polar surface area (TPSA) is 69.6 Å². The van der Waals surface area contributed by atoms with Gasteiger partial charge >= 0.3 is 0 Å². The smallest absolute Gasteiger partial charge is 0.277 e.